The van der Waals surface area contributed by atoms with Crippen molar-refractivity contribution < 1.29 is 14.6 Å². The Kier molecular flexibility index (Phi) is 4.09. The molecule has 116 valence electrons. The molecule has 0 atom stereocenters. The van der Waals surface area contributed by atoms with Gasteiger partial charge < -0.3 is 9.84 Å². The van der Waals surface area contributed by atoms with Gasteiger partial charge in [-0.3, -0.25) is 0 Å². The second-order valence-corrected chi connectivity index (χ2v) is 6.28. The zero-order valence-electron chi connectivity index (χ0n) is 12.8. The molecule has 0 saturated heterocycles. The second kappa shape index (κ2) is 6.05. The normalized spacial score (nSPS) is 10.7. The van der Waals surface area contributed by atoms with Crippen LogP contribution < -0.4 is 0 Å². The number of phenolic OH excluding ortho intramolecular Hbond substituents is 1. The van der Waals surface area contributed by atoms with Crippen molar-refractivity contribution in [1.82, 2.24) is 0 Å². The summed E-state index contributed by atoms with van der Waals surface area (Å²) in [5.74, 6) is -0.400. The minimum Gasteiger partial charge on any atom is -0.507 e. The Hall–Kier alpha value is -2.33. The van der Waals surface area contributed by atoms with Gasteiger partial charge in [0.15, 0.2) is 0 Å². The molecular weight excluding hydrogens is 356 g/mol. The van der Waals surface area contributed by atoms with Gasteiger partial charge in [0.1, 0.15) is 5.75 Å². The summed E-state index contributed by atoms with van der Waals surface area (Å²) in [5.41, 5.74) is 3.06. The van der Waals surface area contributed by atoms with E-state index in [1.807, 2.05) is 49.4 Å². The molecule has 3 aromatic carbocycles. The van der Waals surface area contributed by atoms with E-state index in [9.17, 15) is 9.90 Å². The zero-order valence-corrected chi connectivity index (χ0v) is 14.3. The molecule has 0 amide bonds. The third-order valence-electron chi connectivity index (χ3n) is 3.81. The topological polar surface area (TPSA) is 46.5 Å². The van der Waals surface area contributed by atoms with Gasteiger partial charge in [-0.15, -0.1) is 0 Å². The van der Waals surface area contributed by atoms with Crippen molar-refractivity contribution in [3.05, 3.63) is 64.1 Å². The molecular formula is C19H15BrO3. The Balaban J connectivity index is 2.43. The Labute approximate surface area is 142 Å². The van der Waals surface area contributed by atoms with E-state index < -0.39 is 5.97 Å². The largest absolute Gasteiger partial charge is 0.507 e. The number of aryl methyl sites for hydroxylation is 1. The maximum absolute atomic E-state index is 12.2. The molecule has 0 radical (unpaired) electrons. The van der Waals surface area contributed by atoms with E-state index in [1.165, 1.54) is 13.2 Å². The van der Waals surface area contributed by atoms with Crippen LogP contribution in [0.5, 0.6) is 5.75 Å². The van der Waals surface area contributed by atoms with E-state index in [-0.39, 0.29) is 5.75 Å². The van der Waals surface area contributed by atoms with Crippen molar-refractivity contribution in [1.29, 1.82) is 0 Å². The molecule has 3 nitrogen and oxygen atoms in total. The monoisotopic (exact) mass is 370 g/mol. The maximum Gasteiger partial charge on any atom is 0.338 e. The average Bonchev–Trinajstić information content (AvgIpc) is 2.55. The highest BCUT2D eigenvalue weighted by Gasteiger charge is 2.19. The van der Waals surface area contributed by atoms with Crippen LogP contribution in [0.25, 0.3) is 21.9 Å². The number of rotatable bonds is 2. The second-order valence-electron chi connectivity index (χ2n) is 5.37. The van der Waals surface area contributed by atoms with E-state index in [1.54, 1.807) is 0 Å². The summed E-state index contributed by atoms with van der Waals surface area (Å²) in [7, 11) is 1.34. The van der Waals surface area contributed by atoms with Crippen molar-refractivity contribution in [2.24, 2.45) is 0 Å². The van der Waals surface area contributed by atoms with E-state index >= 15 is 0 Å². The number of ether oxygens (including phenoxy) is 1. The van der Waals surface area contributed by atoms with E-state index in [2.05, 4.69) is 15.9 Å². The SMILES string of the molecule is COC(=O)c1cc(O)c2ccc(C)cc2c1-c1ccc(Br)cc1. The van der Waals surface area contributed by atoms with Gasteiger partial charge in [-0.2, -0.15) is 0 Å². The standard InChI is InChI=1S/C19H15BrO3/c1-11-3-8-14-15(9-11)18(12-4-6-13(20)7-5-12)16(10-17(14)21)19(22)23-2/h3-10,21H,1-2H3. The number of hydrogen-bond acceptors (Lipinski definition) is 3. The Morgan fingerprint density at radius 1 is 1.04 bits per heavy atom. The van der Waals surface area contributed by atoms with Crippen molar-refractivity contribution >= 4 is 32.7 Å². The molecule has 23 heavy (non-hydrogen) atoms. The molecule has 0 unspecified atom stereocenters. The highest BCUT2D eigenvalue weighted by Crippen LogP contribution is 2.38. The number of hydrogen-bond donors (Lipinski definition) is 1. The number of methoxy groups -OCH3 is 1. The van der Waals surface area contributed by atoms with E-state index in [0.29, 0.717) is 10.9 Å². The first-order valence-corrected chi connectivity index (χ1v) is 7.91. The van der Waals surface area contributed by atoms with Crippen LogP contribution in [0.4, 0.5) is 0 Å². The lowest BCUT2D eigenvalue weighted by molar-refractivity contribution is 0.0601. The molecule has 0 bridgehead atoms. The lowest BCUT2D eigenvalue weighted by Crippen LogP contribution is -2.04. The summed E-state index contributed by atoms with van der Waals surface area (Å²) >= 11 is 3.42. The molecule has 1 N–H and O–H groups in total. The smallest absolute Gasteiger partial charge is 0.338 e. The Morgan fingerprint density at radius 2 is 1.74 bits per heavy atom. The fraction of sp³-hybridized carbons (Fsp3) is 0.105. The number of halogens is 1. The number of carbonyl (C=O) groups is 1. The van der Waals surface area contributed by atoms with Crippen LogP contribution in [0.1, 0.15) is 15.9 Å². The lowest BCUT2D eigenvalue weighted by Gasteiger charge is -2.14. The molecule has 0 spiro atoms. The summed E-state index contributed by atoms with van der Waals surface area (Å²) in [6, 6.07) is 15.0. The highest BCUT2D eigenvalue weighted by atomic mass is 79.9. The molecule has 0 fully saturated rings. The summed E-state index contributed by atoms with van der Waals surface area (Å²) in [5, 5.41) is 11.8. The number of fused-ring (bicyclic) bond motifs is 1. The first-order chi connectivity index (χ1) is 11.0. The van der Waals surface area contributed by atoms with Crippen LogP contribution in [0.3, 0.4) is 0 Å². The fourth-order valence-corrected chi connectivity index (χ4v) is 2.98. The minimum atomic E-state index is -0.471. The van der Waals surface area contributed by atoms with Crippen molar-refractivity contribution in [2.45, 2.75) is 6.92 Å². The van der Waals surface area contributed by atoms with Crippen LogP contribution in [0.15, 0.2) is 53.0 Å². The van der Waals surface area contributed by atoms with Gasteiger partial charge in [0.05, 0.1) is 12.7 Å². The van der Waals surface area contributed by atoms with E-state index in [4.69, 9.17) is 4.74 Å². The number of phenols is 1. The molecule has 4 heteroatoms. The van der Waals surface area contributed by atoms with Crippen LogP contribution in [-0.2, 0) is 4.74 Å². The van der Waals surface area contributed by atoms with Gasteiger partial charge in [-0.1, -0.05) is 51.8 Å². The molecule has 3 aromatic rings. The van der Waals surface area contributed by atoms with E-state index in [0.717, 1.165) is 26.5 Å². The summed E-state index contributed by atoms with van der Waals surface area (Å²) in [6.45, 7) is 1.98. The molecule has 0 aliphatic carbocycles. The Bertz CT molecular complexity index is 899. The number of aromatic hydroxyl groups is 1. The van der Waals surface area contributed by atoms with Crippen molar-refractivity contribution in [3.63, 3.8) is 0 Å². The zero-order chi connectivity index (χ0) is 16.6. The first kappa shape index (κ1) is 15.6. The van der Waals surface area contributed by atoms with Crippen LogP contribution in [-0.4, -0.2) is 18.2 Å². The maximum atomic E-state index is 12.2. The third kappa shape index (κ3) is 2.82. The molecule has 0 aliphatic heterocycles. The van der Waals surface area contributed by atoms with Crippen LogP contribution in [0, 0.1) is 6.92 Å². The van der Waals surface area contributed by atoms with Gasteiger partial charge in [0.25, 0.3) is 0 Å². The molecule has 0 aliphatic rings. The lowest BCUT2D eigenvalue weighted by atomic mass is 9.92. The number of esters is 1. The predicted molar refractivity (Wildman–Crippen MR) is 94.8 cm³/mol. The van der Waals surface area contributed by atoms with Gasteiger partial charge >= 0.3 is 5.97 Å². The first-order valence-electron chi connectivity index (χ1n) is 7.12. The minimum absolute atomic E-state index is 0.0706. The average molecular weight is 371 g/mol. The summed E-state index contributed by atoms with van der Waals surface area (Å²) < 4.78 is 5.86. The summed E-state index contributed by atoms with van der Waals surface area (Å²) in [6.07, 6.45) is 0. The highest BCUT2D eigenvalue weighted by molar-refractivity contribution is 9.10. The van der Waals surface area contributed by atoms with Crippen molar-refractivity contribution in [2.75, 3.05) is 7.11 Å². The van der Waals surface area contributed by atoms with Gasteiger partial charge in [-0.05, 0) is 36.1 Å². The third-order valence-corrected chi connectivity index (χ3v) is 4.34. The van der Waals surface area contributed by atoms with Crippen molar-refractivity contribution in [3.8, 4) is 16.9 Å². The van der Waals surface area contributed by atoms with Gasteiger partial charge in [0.2, 0.25) is 0 Å². The van der Waals surface area contributed by atoms with Crippen LogP contribution >= 0.6 is 15.9 Å². The molecule has 0 saturated carbocycles. The number of benzene rings is 3. The Morgan fingerprint density at radius 3 is 2.39 bits per heavy atom. The molecule has 3 rings (SSSR count). The van der Waals surface area contributed by atoms with Gasteiger partial charge in [0, 0.05) is 15.4 Å². The molecule has 0 aromatic heterocycles. The summed E-state index contributed by atoms with van der Waals surface area (Å²) in [4.78, 5) is 12.2. The van der Waals surface area contributed by atoms with Crippen LogP contribution in [0.2, 0.25) is 0 Å². The van der Waals surface area contributed by atoms with Gasteiger partial charge in [-0.25, -0.2) is 4.79 Å². The quantitative estimate of drug-likeness (QED) is 0.640. The number of carbonyl (C=O) groups excluding carboxylic acids is 1. The molecule has 0 heterocycles. The predicted octanol–water partition coefficient (Wildman–Crippen LogP) is 5.07. The fourth-order valence-electron chi connectivity index (χ4n) is 2.72.